The van der Waals surface area contributed by atoms with Crippen LogP contribution in [0.3, 0.4) is 0 Å². The number of carbonyl (C=O) groups is 1. The van der Waals surface area contributed by atoms with Crippen LogP contribution in [-0.2, 0) is 11.3 Å². The van der Waals surface area contributed by atoms with E-state index in [1.54, 1.807) is 6.20 Å². The molecule has 4 heterocycles. The molecular weight excluding hydrogens is 528 g/mol. The van der Waals surface area contributed by atoms with Crippen molar-refractivity contribution in [3.63, 3.8) is 0 Å². The third-order valence-electron chi connectivity index (χ3n) is 8.57. The van der Waals surface area contributed by atoms with Crippen LogP contribution in [0.5, 0.6) is 5.75 Å². The lowest BCUT2D eigenvalue weighted by Gasteiger charge is -2.45. The van der Waals surface area contributed by atoms with Gasteiger partial charge >= 0.3 is 6.09 Å². The largest absolute Gasteiger partial charge is 0.491 e. The van der Waals surface area contributed by atoms with Gasteiger partial charge in [0.1, 0.15) is 24.0 Å². The molecule has 1 aromatic heterocycles. The molecule has 1 N–H and O–H groups in total. The van der Waals surface area contributed by atoms with Crippen molar-refractivity contribution in [3.8, 4) is 11.8 Å². The summed E-state index contributed by atoms with van der Waals surface area (Å²) in [4.78, 5) is 24.1. The molecule has 1 amide bonds. The van der Waals surface area contributed by atoms with Gasteiger partial charge in [-0.05, 0) is 70.9 Å². The van der Waals surface area contributed by atoms with Crippen molar-refractivity contribution in [1.29, 1.82) is 5.26 Å². The lowest BCUT2D eigenvalue weighted by atomic mass is 10.0. The van der Waals surface area contributed by atoms with Gasteiger partial charge in [0.2, 0.25) is 0 Å². The summed E-state index contributed by atoms with van der Waals surface area (Å²) in [6.07, 6.45) is 3.16. The summed E-state index contributed by atoms with van der Waals surface area (Å²) in [6.45, 7) is 12.9. The van der Waals surface area contributed by atoms with Gasteiger partial charge in [-0.1, -0.05) is 6.07 Å². The van der Waals surface area contributed by atoms with Crippen molar-refractivity contribution >= 4 is 28.4 Å². The number of hydrogen-bond acceptors (Lipinski definition) is 8. The van der Waals surface area contributed by atoms with E-state index in [0.29, 0.717) is 18.2 Å². The summed E-state index contributed by atoms with van der Waals surface area (Å²) in [7, 11) is 0. The number of piperazine rings is 1. The zero-order valence-electron chi connectivity index (χ0n) is 25.0. The van der Waals surface area contributed by atoms with E-state index >= 15 is 0 Å². The highest BCUT2D eigenvalue weighted by Crippen LogP contribution is 2.36. The Balaban J connectivity index is 1.12. The minimum atomic E-state index is -0.494. The number of piperidine rings is 1. The molecular formula is C33H40N6O3. The van der Waals surface area contributed by atoms with Crippen LogP contribution in [0, 0.1) is 11.3 Å². The SMILES string of the molecule is C[C@@H]1CN(c2ccc(C#N)c3ncccc23)C[C@@H]2COc3cc(N4CCC(NC(=O)OC(C)(C)C)CC4)ccc3CN21. The van der Waals surface area contributed by atoms with Gasteiger partial charge in [-0.3, -0.25) is 9.88 Å². The zero-order chi connectivity index (χ0) is 29.4. The van der Waals surface area contributed by atoms with E-state index in [4.69, 9.17) is 9.47 Å². The molecule has 9 heteroatoms. The Morgan fingerprint density at radius 3 is 2.69 bits per heavy atom. The summed E-state index contributed by atoms with van der Waals surface area (Å²) in [5.41, 5.74) is 4.37. The number of nitriles is 1. The Labute approximate surface area is 248 Å². The molecule has 3 aliphatic heterocycles. The molecule has 0 aliphatic carbocycles. The number of benzene rings is 2. The molecule has 0 radical (unpaired) electrons. The fraction of sp³-hybridized carbons (Fsp3) is 0.485. The second-order valence-electron chi connectivity index (χ2n) is 12.7. The Hall–Kier alpha value is -4.03. The molecule has 3 aromatic rings. The zero-order valence-corrected chi connectivity index (χ0v) is 25.0. The standard InChI is InChI=1S/C33H40N6O3/c1-22-18-38(29-10-8-23(17-34)31-28(29)6-5-13-35-31)20-27-21-41-30-16-26(9-7-24(30)19-39(22)27)37-14-11-25(12-15-37)36-32(40)42-33(2,3)4/h5-10,13,16,22,25,27H,11-12,14-15,18-21H2,1-4H3,(H,36,40)/t22-,27-/m1/s1. The minimum absolute atomic E-state index is 0.123. The molecule has 2 aromatic carbocycles. The van der Waals surface area contributed by atoms with E-state index in [2.05, 4.69) is 68.3 Å². The molecule has 220 valence electrons. The molecule has 2 saturated heterocycles. The van der Waals surface area contributed by atoms with Crippen molar-refractivity contribution in [1.82, 2.24) is 15.2 Å². The van der Waals surface area contributed by atoms with Gasteiger partial charge in [0, 0.05) is 79.4 Å². The van der Waals surface area contributed by atoms with Crippen LogP contribution in [0.1, 0.15) is 51.7 Å². The highest BCUT2D eigenvalue weighted by Gasteiger charge is 2.36. The van der Waals surface area contributed by atoms with Gasteiger partial charge in [0.15, 0.2) is 0 Å². The summed E-state index contributed by atoms with van der Waals surface area (Å²) in [5, 5.41) is 13.6. The van der Waals surface area contributed by atoms with Crippen LogP contribution in [0.2, 0.25) is 0 Å². The summed E-state index contributed by atoms with van der Waals surface area (Å²) >= 11 is 0. The molecule has 0 spiro atoms. The number of pyridine rings is 1. The highest BCUT2D eigenvalue weighted by molar-refractivity contribution is 5.95. The molecule has 42 heavy (non-hydrogen) atoms. The van der Waals surface area contributed by atoms with E-state index in [0.717, 1.165) is 73.6 Å². The van der Waals surface area contributed by atoms with Crippen LogP contribution >= 0.6 is 0 Å². The van der Waals surface area contributed by atoms with E-state index in [1.807, 2.05) is 32.9 Å². The van der Waals surface area contributed by atoms with Crippen molar-refractivity contribution < 1.29 is 14.3 Å². The number of nitrogens with one attached hydrogen (secondary N) is 1. The monoisotopic (exact) mass is 568 g/mol. The van der Waals surface area contributed by atoms with Crippen LogP contribution in [-0.4, -0.2) is 72.5 Å². The van der Waals surface area contributed by atoms with Crippen molar-refractivity contribution in [3.05, 3.63) is 59.8 Å². The number of alkyl carbamates (subject to hydrolysis) is 1. The number of rotatable bonds is 3. The smallest absolute Gasteiger partial charge is 0.407 e. The first-order valence-corrected chi connectivity index (χ1v) is 15.0. The second-order valence-corrected chi connectivity index (χ2v) is 12.7. The number of amides is 1. The number of fused-ring (bicyclic) bond motifs is 3. The number of aromatic nitrogens is 1. The van der Waals surface area contributed by atoms with Crippen LogP contribution < -0.4 is 19.9 Å². The number of hydrogen-bond donors (Lipinski definition) is 1. The lowest BCUT2D eigenvalue weighted by Crippen LogP contribution is -2.58. The number of carbonyl (C=O) groups excluding carboxylic acids is 1. The van der Waals surface area contributed by atoms with Crippen molar-refractivity contribution in [2.24, 2.45) is 0 Å². The van der Waals surface area contributed by atoms with Gasteiger partial charge in [-0.25, -0.2) is 4.79 Å². The Morgan fingerprint density at radius 1 is 1.12 bits per heavy atom. The minimum Gasteiger partial charge on any atom is -0.491 e. The van der Waals surface area contributed by atoms with Gasteiger partial charge in [0.25, 0.3) is 0 Å². The third-order valence-corrected chi connectivity index (χ3v) is 8.57. The summed E-state index contributed by atoms with van der Waals surface area (Å²) in [5.74, 6) is 0.961. The topological polar surface area (TPSA) is 94.0 Å². The Morgan fingerprint density at radius 2 is 1.93 bits per heavy atom. The van der Waals surface area contributed by atoms with Crippen molar-refractivity contribution in [2.45, 2.75) is 70.8 Å². The normalized spacial score (nSPS) is 21.5. The molecule has 3 aliphatic rings. The Bertz CT molecular complexity index is 1500. The first kappa shape index (κ1) is 28.1. The molecule has 6 rings (SSSR count). The predicted octanol–water partition coefficient (Wildman–Crippen LogP) is 5.07. The first-order valence-electron chi connectivity index (χ1n) is 15.0. The van der Waals surface area contributed by atoms with E-state index < -0.39 is 5.60 Å². The lowest BCUT2D eigenvalue weighted by molar-refractivity contribution is 0.0497. The quantitative estimate of drug-likeness (QED) is 0.468. The highest BCUT2D eigenvalue weighted by atomic mass is 16.6. The third kappa shape index (κ3) is 5.82. The number of ether oxygens (including phenoxy) is 2. The fourth-order valence-electron chi connectivity index (χ4n) is 6.52. The van der Waals surface area contributed by atoms with Gasteiger partial charge in [-0.15, -0.1) is 0 Å². The van der Waals surface area contributed by atoms with Gasteiger partial charge < -0.3 is 24.6 Å². The number of nitrogens with zero attached hydrogens (tertiary/aromatic N) is 5. The average molecular weight is 569 g/mol. The van der Waals surface area contributed by atoms with E-state index in [9.17, 15) is 10.1 Å². The predicted molar refractivity (Wildman–Crippen MR) is 164 cm³/mol. The average Bonchev–Trinajstić information content (AvgIpc) is 3.15. The first-order chi connectivity index (χ1) is 20.2. The maximum atomic E-state index is 12.2. The molecule has 0 bridgehead atoms. The molecule has 2 fully saturated rings. The Kier molecular flexibility index (Phi) is 7.58. The number of anilines is 2. The van der Waals surface area contributed by atoms with Crippen LogP contribution in [0.15, 0.2) is 48.7 Å². The fourth-order valence-corrected chi connectivity index (χ4v) is 6.52. The van der Waals surface area contributed by atoms with Crippen LogP contribution in [0.25, 0.3) is 10.9 Å². The molecule has 0 unspecified atom stereocenters. The maximum Gasteiger partial charge on any atom is 0.407 e. The molecule has 0 saturated carbocycles. The van der Waals surface area contributed by atoms with Gasteiger partial charge in [0.05, 0.1) is 17.1 Å². The van der Waals surface area contributed by atoms with Crippen LogP contribution in [0.4, 0.5) is 16.2 Å². The van der Waals surface area contributed by atoms with Crippen molar-refractivity contribution in [2.75, 3.05) is 42.6 Å². The van der Waals surface area contributed by atoms with E-state index in [-0.39, 0.29) is 18.2 Å². The molecule has 2 atom stereocenters. The van der Waals surface area contributed by atoms with E-state index in [1.165, 1.54) is 5.56 Å². The summed E-state index contributed by atoms with van der Waals surface area (Å²) < 4.78 is 11.9. The maximum absolute atomic E-state index is 12.2. The van der Waals surface area contributed by atoms with Gasteiger partial charge in [-0.2, -0.15) is 5.26 Å². The second kappa shape index (κ2) is 11.3. The summed E-state index contributed by atoms with van der Waals surface area (Å²) in [6, 6.07) is 17.6. The molecule has 9 nitrogen and oxygen atoms in total.